The van der Waals surface area contributed by atoms with Gasteiger partial charge >= 0.3 is 0 Å². The Morgan fingerprint density at radius 3 is 2.86 bits per heavy atom. The van der Waals surface area contributed by atoms with Crippen LogP contribution in [-0.2, 0) is 0 Å². The Kier molecular flexibility index (Phi) is 3.07. The van der Waals surface area contributed by atoms with E-state index in [9.17, 15) is 0 Å². The average molecular weight is 278 g/mol. The molecule has 2 heterocycles. The molecule has 1 aromatic carbocycles. The maximum absolute atomic E-state index is 4.53. The summed E-state index contributed by atoms with van der Waals surface area (Å²) in [5.74, 6) is 0.916. The first-order valence-electron chi connectivity index (χ1n) is 7.55. The fraction of sp³-hybridized carbons (Fsp3) is 0.294. The van der Waals surface area contributed by atoms with E-state index in [1.54, 1.807) is 0 Å². The number of fused-ring (bicyclic) bond motifs is 1. The third-order valence-corrected chi connectivity index (χ3v) is 4.18. The van der Waals surface area contributed by atoms with Gasteiger partial charge in [0.25, 0.3) is 0 Å². The van der Waals surface area contributed by atoms with Crippen molar-refractivity contribution in [2.75, 3.05) is 5.32 Å². The Bertz CT molecular complexity index is 756. The van der Waals surface area contributed by atoms with Gasteiger partial charge in [0.2, 0.25) is 5.95 Å². The second-order valence-corrected chi connectivity index (χ2v) is 5.63. The summed E-state index contributed by atoms with van der Waals surface area (Å²) in [7, 11) is 0. The second-order valence-electron chi connectivity index (χ2n) is 5.63. The van der Waals surface area contributed by atoms with Gasteiger partial charge in [-0.15, -0.1) is 0 Å². The van der Waals surface area contributed by atoms with Crippen molar-refractivity contribution in [1.82, 2.24) is 14.5 Å². The quantitative estimate of drug-likeness (QED) is 0.793. The Labute approximate surface area is 123 Å². The molecule has 0 aliphatic heterocycles. The van der Waals surface area contributed by atoms with E-state index in [0.29, 0.717) is 6.04 Å². The molecule has 0 radical (unpaired) electrons. The molecule has 0 unspecified atom stereocenters. The fourth-order valence-corrected chi connectivity index (χ4v) is 3.06. The van der Waals surface area contributed by atoms with Crippen molar-refractivity contribution in [1.29, 1.82) is 0 Å². The lowest BCUT2D eigenvalue weighted by atomic mass is 10.2. The molecule has 4 heteroatoms. The third-order valence-electron chi connectivity index (χ3n) is 4.18. The van der Waals surface area contributed by atoms with E-state index in [2.05, 4.69) is 32.0 Å². The number of nitrogens with zero attached hydrogens (tertiary/aromatic N) is 3. The van der Waals surface area contributed by atoms with Crippen LogP contribution in [0.3, 0.4) is 0 Å². The molecule has 1 aliphatic carbocycles. The number of nitrogens with one attached hydrogen (secondary N) is 1. The van der Waals surface area contributed by atoms with E-state index < -0.39 is 0 Å². The van der Waals surface area contributed by atoms with E-state index in [1.807, 2.05) is 36.8 Å². The van der Waals surface area contributed by atoms with Crippen LogP contribution in [-0.4, -0.2) is 20.6 Å². The largest absolute Gasteiger partial charge is 0.353 e. The molecule has 3 aromatic rings. The van der Waals surface area contributed by atoms with E-state index in [0.717, 1.165) is 22.5 Å². The molecule has 21 heavy (non-hydrogen) atoms. The number of anilines is 1. The van der Waals surface area contributed by atoms with Gasteiger partial charge in [0.1, 0.15) is 0 Å². The van der Waals surface area contributed by atoms with Gasteiger partial charge in [0.05, 0.1) is 17.4 Å². The smallest absolute Gasteiger partial charge is 0.207 e. The topological polar surface area (TPSA) is 42.7 Å². The maximum Gasteiger partial charge on any atom is 0.207 e. The summed E-state index contributed by atoms with van der Waals surface area (Å²) in [5.41, 5.74) is 2.07. The summed E-state index contributed by atoms with van der Waals surface area (Å²) in [5, 5.41) is 4.71. The Balaban J connectivity index is 1.69. The molecule has 0 spiro atoms. The van der Waals surface area contributed by atoms with Crippen LogP contribution in [0.2, 0.25) is 0 Å². The van der Waals surface area contributed by atoms with E-state index in [4.69, 9.17) is 0 Å². The highest BCUT2D eigenvalue weighted by atomic mass is 15.2. The molecular weight excluding hydrogens is 260 g/mol. The van der Waals surface area contributed by atoms with E-state index in [-0.39, 0.29) is 0 Å². The SMILES string of the molecule is c1ccc2ncc(-n3ccnc3NC3CCCC3)cc2c1. The molecular formula is C17H18N4. The van der Waals surface area contributed by atoms with Crippen molar-refractivity contribution in [2.24, 2.45) is 0 Å². The molecule has 106 valence electrons. The maximum atomic E-state index is 4.53. The minimum Gasteiger partial charge on any atom is -0.353 e. The highest BCUT2D eigenvalue weighted by Crippen LogP contribution is 2.24. The minimum absolute atomic E-state index is 0.555. The Hall–Kier alpha value is -2.36. The second kappa shape index (κ2) is 5.20. The molecule has 1 aliphatic rings. The summed E-state index contributed by atoms with van der Waals surface area (Å²) in [6.45, 7) is 0. The van der Waals surface area contributed by atoms with Gasteiger partial charge in [-0.25, -0.2) is 4.98 Å². The van der Waals surface area contributed by atoms with Gasteiger partial charge in [-0.05, 0) is 25.0 Å². The third kappa shape index (κ3) is 2.37. The van der Waals surface area contributed by atoms with Gasteiger partial charge in [0.15, 0.2) is 0 Å². The van der Waals surface area contributed by atoms with Crippen molar-refractivity contribution in [2.45, 2.75) is 31.7 Å². The van der Waals surface area contributed by atoms with Crippen molar-refractivity contribution in [3.05, 3.63) is 48.9 Å². The van der Waals surface area contributed by atoms with Crippen LogP contribution < -0.4 is 5.32 Å². The summed E-state index contributed by atoms with van der Waals surface area (Å²) >= 11 is 0. The minimum atomic E-state index is 0.555. The van der Waals surface area contributed by atoms with Gasteiger partial charge in [-0.3, -0.25) is 9.55 Å². The Morgan fingerprint density at radius 2 is 1.95 bits per heavy atom. The first-order valence-corrected chi connectivity index (χ1v) is 7.55. The van der Waals surface area contributed by atoms with Crippen LogP contribution in [0.5, 0.6) is 0 Å². The number of aromatic nitrogens is 3. The summed E-state index contributed by atoms with van der Waals surface area (Å²) in [4.78, 5) is 8.99. The number of benzene rings is 1. The molecule has 4 nitrogen and oxygen atoms in total. The van der Waals surface area contributed by atoms with Crippen molar-refractivity contribution < 1.29 is 0 Å². The molecule has 1 saturated carbocycles. The number of hydrogen-bond acceptors (Lipinski definition) is 3. The van der Waals surface area contributed by atoms with Gasteiger partial charge in [-0.2, -0.15) is 0 Å². The number of pyridine rings is 1. The van der Waals surface area contributed by atoms with Crippen LogP contribution >= 0.6 is 0 Å². The van der Waals surface area contributed by atoms with Crippen LogP contribution in [0, 0.1) is 0 Å². The van der Waals surface area contributed by atoms with Gasteiger partial charge in [0, 0.05) is 23.8 Å². The summed E-state index contributed by atoms with van der Waals surface area (Å²) in [6.07, 6.45) is 10.8. The van der Waals surface area contributed by atoms with E-state index >= 15 is 0 Å². The lowest BCUT2D eigenvalue weighted by Crippen LogP contribution is -2.17. The van der Waals surface area contributed by atoms with Gasteiger partial charge in [-0.1, -0.05) is 31.0 Å². The van der Waals surface area contributed by atoms with Gasteiger partial charge < -0.3 is 5.32 Å². The first-order chi connectivity index (χ1) is 10.4. The standard InChI is InChI=1S/C17H18N4/c1-4-8-16-13(5-1)11-15(12-19-16)21-10-9-18-17(21)20-14-6-2-3-7-14/h1,4-5,8-12,14H,2-3,6-7H2,(H,18,20). The monoisotopic (exact) mass is 278 g/mol. The number of rotatable bonds is 3. The molecule has 0 atom stereocenters. The van der Waals surface area contributed by atoms with Crippen LogP contribution in [0.25, 0.3) is 16.6 Å². The molecule has 2 aromatic heterocycles. The molecule has 1 fully saturated rings. The normalized spacial score (nSPS) is 15.6. The van der Waals surface area contributed by atoms with Crippen molar-refractivity contribution >= 4 is 16.9 Å². The molecule has 0 amide bonds. The molecule has 1 N–H and O–H groups in total. The zero-order valence-electron chi connectivity index (χ0n) is 11.9. The predicted molar refractivity (Wildman–Crippen MR) is 84.7 cm³/mol. The molecule has 0 saturated heterocycles. The predicted octanol–water partition coefficient (Wildman–Crippen LogP) is 3.78. The zero-order chi connectivity index (χ0) is 14.1. The van der Waals surface area contributed by atoms with Crippen molar-refractivity contribution in [3.63, 3.8) is 0 Å². The van der Waals surface area contributed by atoms with Crippen molar-refractivity contribution in [3.8, 4) is 5.69 Å². The number of imidazole rings is 1. The Morgan fingerprint density at radius 1 is 1.10 bits per heavy atom. The van der Waals surface area contributed by atoms with Crippen LogP contribution in [0.4, 0.5) is 5.95 Å². The molecule has 4 rings (SSSR count). The highest BCUT2D eigenvalue weighted by molar-refractivity contribution is 5.80. The zero-order valence-corrected chi connectivity index (χ0v) is 11.9. The highest BCUT2D eigenvalue weighted by Gasteiger charge is 2.17. The number of para-hydroxylation sites is 1. The summed E-state index contributed by atoms with van der Waals surface area (Å²) < 4.78 is 2.08. The number of hydrogen-bond donors (Lipinski definition) is 1. The first kappa shape index (κ1) is 12.4. The molecule has 0 bridgehead atoms. The van der Waals surface area contributed by atoms with Crippen LogP contribution in [0.1, 0.15) is 25.7 Å². The van der Waals surface area contributed by atoms with E-state index in [1.165, 1.54) is 25.7 Å². The fourth-order valence-electron chi connectivity index (χ4n) is 3.06. The lowest BCUT2D eigenvalue weighted by molar-refractivity contribution is 0.740. The average Bonchev–Trinajstić information content (AvgIpc) is 3.19. The lowest BCUT2D eigenvalue weighted by Gasteiger charge is -2.14. The summed E-state index contributed by atoms with van der Waals surface area (Å²) in [6, 6.07) is 10.9. The van der Waals surface area contributed by atoms with Crippen LogP contribution in [0.15, 0.2) is 48.9 Å².